The van der Waals surface area contributed by atoms with E-state index in [1.54, 1.807) is 18.3 Å². The molecule has 2 atom stereocenters. The second-order valence-corrected chi connectivity index (χ2v) is 16.3. The first-order valence-corrected chi connectivity index (χ1v) is 21.3. The summed E-state index contributed by atoms with van der Waals surface area (Å²) in [5.41, 5.74) is 1.07. The number of sulfonamides is 1. The van der Waals surface area contributed by atoms with E-state index in [2.05, 4.69) is 29.4 Å². The third kappa shape index (κ3) is 9.96. The van der Waals surface area contributed by atoms with Gasteiger partial charge >= 0.3 is 5.97 Å². The van der Waals surface area contributed by atoms with Crippen LogP contribution in [0.3, 0.4) is 0 Å². The lowest BCUT2D eigenvalue weighted by molar-refractivity contribution is -0.137. The second-order valence-electron chi connectivity index (χ2n) is 13.0. The molecule has 1 unspecified atom stereocenters. The number of benzene rings is 3. The molecule has 4 rings (SSSR count). The summed E-state index contributed by atoms with van der Waals surface area (Å²) in [6.45, 7) is 5.84. The number of phenolic OH excluding ortho intramolecular Hbond substituents is 1. The number of nitrogens with zero attached hydrogens (tertiary/aromatic N) is 2. The van der Waals surface area contributed by atoms with E-state index in [1.807, 2.05) is 42.7 Å². The normalized spacial score (nSPS) is 16.1. The van der Waals surface area contributed by atoms with E-state index < -0.39 is 52.0 Å². The first-order chi connectivity index (χ1) is 25.3. The summed E-state index contributed by atoms with van der Waals surface area (Å²) in [7, 11) is -2.38. The minimum Gasteiger partial charge on any atom is -0.508 e. The molecule has 3 aromatic carbocycles. The number of anilines is 2. The molecule has 1 aliphatic heterocycles. The maximum Gasteiger partial charge on any atom is 0.338 e. The average Bonchev–Trinajstić information content (AvgIpc) is 3.23. The molecule has 53 heavy (non-hydrogen) atoms. The fourth-order valence-electron chi connectivity index (χ4n) is 6.50. The fraction of sp³-hybridized carbons (Fsp3) is 0.447. The van der Waals surface area contributed by atoms with Gasteiger partial charge in [0.15, 0.2) is 29.6 Å². The number of ether oxygens (including phenoxy) is 1. The topological polar surface area (TPSA) is 155 Å². The van der Waals surface area contributed by atoms with Gasteiger partial charge in [-0.3, -0.25) is 9.59 Å². The van der Waals surface area contributed by atoms with Gasteiger partial charge in [-0.2, -0.15) is 4.31 Å². The van der Waals surface area contributed by atoms with E-state index in [1.165, 1.54) is 65.1 Å². The molecule has 288 valence electrons. The highest BCUT2D eigenvalue weighted by molar-refractivity contribution is 14.1. The molecule has 3 N–H and O–H groups in total. The van der Waals surface area contributed by atoms with Crippen molar-refractivity contribution in [2.75, 3.05) is 31.4 Å². The van der Waals surface area contributed by atoms with Gasteiger partial charge in [0.05, 0.1) is 16.1 Å². The number of hydrogen-bond acceptors (Lipinski definition) is 10. The summed E-state index contributed by atoms with van der Waals surface area (Å²) in [5, 5.41) is 15.1. The number of likely N-dealkylation sites (N-methyl/N-ethyl adjacent to an activating group) is 1. The number of aromatic hydroxyl groups is 1. The van der Waals surface area contributed by atoms with E-state index in [0.717, 1.165) is 31.4 Å². The predicted octanol–water partition coefficient (Wildman–Crippen LogP) is 7.03. The molecule has 3 aromatic rings. The number of phenols is 1. The Morgan fingerprint density at radius 1 is 0.981 bits per heavy atom. The smallest absolute Gasteiger partial charge is 0.338 e. The number of carbonyl (C=O) groups excluding carboxylic acids is 3. The van der Waals surface area contributed by atoms with E-state index in [4.69, 9.17) is 7.80 Å². The van der Waals surface area contributed by atoms with Crippen molar-refractivity contribution in [3.05, 3.63) is 72.3 Å². The molecule has 0 aromatic heterocycles. The Balaban J connectivity index is 1.71. The van der Waals surface area contributed by atoms with Crippen LogP contribution in [0.2, 0.25) is 0 Å². The molecule has 0 fully saturated rings. The van der Waals surface area contributed by atoms with Crippen LogP contribution in [-0.4, -0.2) is 73.6 Å². The third-order valence-corrected chi connectivity index (χ3v) is 12.8. The van der Waals surface area contributed by atoms with Crippen LogP contribution >= 0.6 is 34.8 Å². The van der Waals surface area contributed by atoms with Crippen molar-refractivity contribution >= 4 is 73.9 Å². The van der Waals surface area contributed by atoms with Crippen molar-refractivity contribution < 1.29 is 35.7 Å². The second kappa shape index (κ2) is 19.2. The zero-order chi connectivity index (χ0) is 38.8. The maximum absolute atomic E-state index is 14.7. The van der Waals surface area contributed by atoms with E-state index in [9.17, 15) is 27.9 Å². The molecule has 0 saturated carbocycles. The molecule has 0 bridgehead atoms. The monoisotopic (exact) mass is 880 g/mol. The number of thioether (sulfide) groups is 1. The summed E-state index contributed by atoms with van der Waals surface area (Å²) in [6.07, 6.45) is 7.08. The van der Waals surface area contributed by atoms with Gasteiger partial charge < -0.3 is 28.4 Å². The van der Waals surface area contributed by atoms with Crippen LogP contribution in [0.4, 0.5) is 11.4 Å². The molecular weight excluding hydrogens is 831 g/mol. The highest BCUT2D eigenvalue weighted by Crippen LogP contribution is 2.47. The lowest BCUT2D eigenvalue weighted by atomic mass is 9.86. The molecule has 0 aliphatic carbocycles. The average molecular weight is 881 g/mol. The van der Waals surface area contributed by atoms with Gasteiger partial charge in [-0.25, -0.2) is 13.2 Å². The van der Waals surface area contributed by atoms with Crippen LogP contribution in [-0.2, 0) is 27.5 Å². The minimum atomic E-state index is -4.06. The molecule has 15 heteroatoms. The van der Waals surface area contributed by atoms with Crippen molar-refractivity contribution in [3.63, 3.8) is 0 Å². The van der Waals surface area contributed by atoms with Gasteiger partial charge in [-0.15, -0.1) is 11.8 Å². The fourth-order valence-corrected chi connectivity index (χ4v) is 9.09. The van der Waals surface area contributed by atoms with Gasteiger partial charge in [-0.05, 0) is 61.4 Å². The summed E-state index contributed by atoms with van der Waals surface area (Å²) < 4.78 is 41.7. The van der Waals surface area contributed by atoms with Gasteiger partial charge in [0.2, 0.25) is 15.9 Å². The standard InChI is InChI=1S/C38H49IN4O8S2/c1-6-9-20-38(21-10-7-2)25-43(27-14-12-11-13-15-27)30-22-32(52-5)31(23-33(30)53(48,49)42(38)4)50-24-34(45)41-35(26-16-18-28(44)19-17-26)36(46)40-29(8-3)37(47)51-39/h11-19,22-23,29,35,44H,6-10,20-21,24-25H2,1-5H3,(H,40,46)(H,41,45)/t29-,35?/m1/s1. The lowest BCUT2D eigenvalue weighted by Crippen LogP contribution is -2.53. The Kier molecular flexibility index (Phi) is 15.3. The van der Waals surface area contributed by atoms with Gasteiger partial charge in [0.25, 0.3) is 5.91 Å². The Hall–Kier alpha value is -3.54. The Morgan fingerprint density at radius 3 is 2.19 bits per heavy atom. The highest BCUT2D eigenvalue weighted by Gasteiger charge is 2.47. The molecule has 12 nitrogen and oxygen atoms in total. The van der Waals surface area contributed by atoms with Gasteiger partial charge in [0, 0.05) is 25.3 Å². The number of rotatable bonds is 17. The molecule has 0 spiro atoms. The van der Waals surface area contributed by atoms with Crippen molar-refractivity contribution in [3.8, 4) is 11.5 Å². The Morgan fingerprint density at radius 2 is 1.62 bits per heavy atom. The molecule has 0 radical (unpaired) electrons. The van der Waals surface area contributed by atoms with Crippen LogP contribution in [0.25, 0.3) is 0 Å². The lowest BCUT2D eigenvalue weighted by Gasteiger charge is -2.42. The molecule has 1 aliphatic rings. The van der Waals surface area contributed by atoms with E-state index in [-0.39, 0.29) is 22.8 Å². The van der Waals surface area contributed by atoms with Crippen LogP contribution in [0.15, 0.2) is 76.5 Å². The number of halogens is 1. The number of carbonyl (C=O) groups is 3. The quantitative estimate of drug-likeness (QED) is 0.0952. The van der Waals surface area contributed by atoms with Crippen molar-refractivity contribution in [2.24, 2.45) is 0 Å². The zero-order valence-electron chi connectivity index (χ0n) is 30.8. The van der Waals surface area contributed by atoms with Crippen molar-refractivity contribution in [2.45, 2.75) is 93.1 Å². The summed E-state index contributed by atoms with van der Waals surface area (Å²) >= 11 is 2.81. The number of fused-ring (bicyclic) bond motifs is 1. The van der Waals surface area contributed by atoms with Gasteiger partial charge in [-0.1, -0.05) is 76.8 Å². The summed E-state index contributed by atoms with van der Waals surface area (Å²) in [6, 6.07) is 16.6. The number of hydrogen-bond donors (Lipinski definition) is 3. The third-order valence-electron chi connectivity index (χ3n) is 9.59. The molecular formula is C38H49IN4O8S2. The van der Waals surface area contributed by atoms with Crippen LogP contribution in [0.5, 0.6) is 11.5 Å². The number of amides is 2. The molecule has 1 heterocycles. The summed E-state index contributed by atoms with van der Waals surface area (Å²) in [5.74, 6) is -1.82. The molecule has 2 amide bonds. The zero-order valence-corrected chi connectivity index (χ0v) is 34.6. The highest BCUT2D eigenvalue weighted by atomic mass is 127. The largest absolute Gasteiger partial charge is 0.508 e. The van der Waals surface area contributed by atoms with Crippen LogP contribution in [0.1, 0.15) is 77.3 Å². The number of para-hydroxylation sites is 1. The van der Waals surface area contributed by atoms with Crippen LogP contribution in [0, 0.1) is 0 Å². The molecule has 0 saturated heterocycles. The first kappa shape index (κ1) is 42.2. The maximum atomic E-state index is 14.7. The first-order valence-electron chi connectivity index (χ1n) is 17.7. The van der Waals surface area contributed by atoms with Crippen LogP contribution < -0.4 is 20.3 Å². The van der Waals surface area contributed by atoms with E-state index in [0.29, 0.717) is 35.5 Å². The number of unbranched alkanes of at least 4 members (excludes halogenated alkanes) is 2. The van der Waals surface area contributed by atoms with Crippen molar-refractivity contribution in [1.82, 2.24) is 14.9 Å². The van der Waals surface area contributed by atoms with E-state index >= 15 is 0 Å². The van der Waals surface area contributed by atoms with Crippen molar-refractivity contribution in [1.29, 1.82) is 0 Å². The SMILES string of the molecule is CCCCC1(CCCC)CN(c2ccccc2)c2cc(SC)c(OCC(=O)NC(C(=O)N[C@H](CC)C(=O)OI)c3ccc(O)cc3)cc2S(=O)(=O)N1C. The van der Waals surface area contributed by atoms with Gasteiger partial charge in [0.1, 0.15) is 28.5 Å². The Labute approximate surface area is 331 Å². The minimum absolute atomic E-state index is 0.0327. The number of nitrogens with one attached hydrogen (secondary N) is 2. The predicted molar refractivity (Wildman–Crippen MR) is 215 cm³/mol. The Bertz CT molecular complexity index is 1820. The summed E-state index contributed by atoms with van der Waals surface area (Å²) in [4.78, 5) is 41.9.